The fourth-order valence-corrected chi connectivity index (χ4v) is 2.85. The monoisotopic (exact) mass is 228 g/mol. The van der Waals surface area contributed by atoms with Crippen LogP contribution in [0.2, 0.25) is 0 Å². The van der Waals surface area contributed by atoms with Crippen molar-refractivity contribution in [2.45, 2.75) is 20.8 Å². The van der Waals surface area contributed by atoms with E-state index in [-0.39, 0.29) is 0 Å². The van der Waals surface area contributed by atoms with Gasteiger partial charge in [0.1, 0.15) is 16.0 Å². The van der Waals surface area contributed by atoms with Gasteiger partial charge in [0.25, 0.3) is 0 Å². The number of hydrogen-bond acceptors (Lipinski definition) is 3. The third-order valence-corrected chi connectivity index (χ3v) is 3.43. The number of hydrogen-bond donors (Lipinski definition) is 0. The van der Waals surface area contributed by atoms with E-state index in [1.54, 1.807) is 6.20 Å². The minimum absolute atomic E-state index is 0.661. The van der Waals surface area contributed by atoms with Crippen LogP contribution >= 0.6 is 11.3 Å². The Balaban J connectivity index is 2.60. The first-order valence-corrected chi connectivity index (χ1v) is 5.87. The van der Waals surface area contributed by atoms with Crippen molar-refractivity contribution in [1.29, 1.82) is 5.26 Å². The SMILES string of the molecule is Cc1cc(C)c(-c2ncc(C#N)s2)c(C)c1. The fourth-order valence-electron chi connectivity index (χ4n) is 1.96. The van der Waals surface area contributed by atoms with Gasteiger partial charge in [-0.25, -0.2) is 4.98 Å². The van der Waals surface area contributed by atoms with Crippen molar-refractivity contribution < 1.29 is 0 Å². The molecule has 80 valence electrons. The molecule has 2 aromatic rings. The third kappa shape index (κ3) is 1.84. The Bertz CT molecular complexity index is 553. The molecule has 16 heavy (non-hydrogen) atoms. The molecule has 0 fully saturated rings. The molecule has 2 nitrogen and oxygen atoms in total. The lowest BCUT2D eigenvalue weighted by molar-refractivity contribution is 1.30. The number of aromatic nitrogens is 1. The van der Waals surface area contributed by atoms with Gasteiger partial charge >= 0.3 is 0 Å². The zero-order valence-corrected chi connectivity index (χ0v) is 10.4. The lowest BCUT2D eigenvalue weighted by Crippen LogP contribution is -1.88. The molecule has 1 aromatic heterocycles. The normalized spacial score (nSPS) is 10.1. The van der Waals surface area contributed by atoms with Gasteiger partial charge in [0, 0.05) is 5.56 Å². The molecule has 0 radical (unpaired) electrons. The molecule has 1 aromatic carbocycles. The van der Waals surface area contributed by atoms with Crippen LogP contribution in [0.1, 0.15) is 21.6 Å². The Morgan fingerprint density at radius 1 is 1.19 bits per heavy atom. The van der Waals surface area contributed by atoms with Crippen molar-refractivity contribution in [1.82, 2.24) is 4.98 Å². The van der Waals surface area contributed by atoms with Crippen LogP contribution in [-0.2, 0) is 0 Å². The molecule has 0 spiro atoms. The maximum absolute atomic E-state index is 8.80. The Hall–Kier alpha value is -1.66. The number of nitriles is 1. The molecule has 0 bridgehead atoms. The van der Waals surface area contributed by atoms with Crippen molar-refractivity contribution in [3.63, 3.8) is 0 Å². The van der Waals surface area contributed by atoms with Crippen molar-refractivity contribution in [3.05, 3.63) is 39.9 Å². The fraction of sp³-hybridized carbons (Fsp3) is 0.231. The van der Waals surface area contributed by atoms with Crippen molar-refractivity contribution in [3.8, 4) is 16.6 Å². The van der Waals surface area contributed by atoms with Crippen LogP contribution in [0.15, 0.2) is 18.3 Å². The molecule has 0 saturated heterocycles. The van der Waals surface area contributed by atoms with E-state index in [4.69, 9.17) is 5.26 Å². The van der Waals surface area contributed by atoms with Gasteiger partial charge in [0.15, 0.2) is 0 Å². The maximum Gasteiger partial charge on any atom is 0.125 e. The standard InChI is InChI=1S/C13H12N2S/c1-8-4-9(2)12(10(3)5-8)13-15-7-11(6-14)16-13/h4-5,7H,1-3H3. The summed E-state index contributed by atoms with van der Waals surface area (Å²) in [6.07, 6.45) is 1.64. The van der Waals surface area contributed by atoms with E-state index in [1.807, 2.05) is 0 Å². The summed E-state index contributed by atoms with van der Waals surface area (Å²) in [5, 5.41) is 9.74. The van der Waals surface area contributed by atoms with Gasteiger partial charge in [-0.1, -0.05) is 17.7 Å². The minimum atomic E-state index is 0.661. The Morgan fingerprint density at radius 2 is 1.81 bits per heavy atom. The number of benzene rings is 1. The van der Waals surface area contributed by atoms with Gasteiger partial charge in [-0.05, 0) is 31.9 Å². The van der Waals surface area contributed by atoms with Crippen LogP contribution in [0.5, 0.6) is 0 Å². The second-order valence-electron chi connectivity index (χ2n) is 3.92. The van der Waals surface area contributed by atoms with Crippen LogP contribution in [0.4, 0.5) is 0 Å². The first-order valence-electron chi connectivity index (χ1n) is 5.06. The van der Waals surface area contributed by atoms with Gasteiger partial charge in [-0.15, -0.1) is 11.3 Å². The van der Waals surface area contributed by atoms with E-state index in [1.165, 1.54) is 28.0 Å². The molecule has 0 N–H and O–H groups in total. The Morgan fingerprint density at radius 3 is 2.31 bits per heavy atom. The summed E-state index contributed by atoms with van der Waals surface area (Å²) in [6.45, 7) is 6.26. The van der Waals surface area contributed by atoms with Crippen LogP contribution < -0.4 is 0 Å². The van der Waals surface area contributed by atoms with E-state index in [9.17, 15) is 0 Å². The van der Waals surface area contributed by atoms with Gasteiger partial charge in [-0.2, -0.15) is 5.26 Å². The predicted octanol–water partition coefficient (Wildman–Crippen LogP) is 3.61. The molecular formula is C13H12N2S. The van der Waals surface area contributed by atoms with Crippen LogP contribution in [-0.4, -0.2) is 4.98 Å². The van der Waals surface area contributed by atoms with Gasteiger partial charge < -0.3 is 0 Å². The second-order valence-corrected chi connectivity index (χ2v) is 4.95. The zero-order chi connectivity index (χ0) is 11.7. The van der Waals surface area contributed by atoms with E-state index in [0.717, 1.165) is 10.6 Å². The zero-order valence-electron chi connectivity index (χ0n) is 9.53. The summed E-state index contributed by atoms with van der Waals surface area (Å²) in [6, 6.07) is 6.42. The average molecular weight is 228 g/mol. The Labute approximate surface area is 99.2 Å². The highest BCUT2D eigenvalue weighted by atomic mass is 32.1. The summed E-state index contributed by atoms with van der Waals surface area (Å²) in [5.74, 6) is 0. The number of thiazole rings is 1. The summed E-state index contributed by atoms with van der Waals surface area (Å²) in [5.41, 5.74) is 4.86. The topological polar surface area (TPSA) is 36.7 Å². The molecule has 0 aliphatic carbocycles. The highest BCUT2D eigenvalue weighted by Crippen LogP contribution is 2.31. The third-order valence-electron chi connectivity index (χ3n) is 2.51. The van der Waals surface area contributed by atoms with Gasteiger partial charge in [0.05, 0.1) is 6.20 Å². The van der Waals surface area contributed by atoms with Gasteiger partial charge in [-0.3, -0.25) is 0 Å². The minimum Gasteiger partial charge on any atom is -0.243 e. The first kappa shape index (κ1) is 10.8. The van der Waals surface area contributed by atoms with Crippen LogP contribution in [0.25, 0.3) is 10.6 Å². The molecule has 1 heterocycles. The van der Waals surface area contributed by atoms with Crippen molar-refractivity contribution in [2.75, 3.05) is 0 Å². The smallest absolute Gasteiger partial charge is 0.125 e. The second kappa shape index (κ2) is 4.07. The molecule has 0 atom stereocenters. The van der Waals surface area contributed by atoms with Crippen LogP contribution in [0, 0.1) is 32.1 Å². The van der Waals surface area contributed by atoms with Gasteiger partial charge in [0.2, 0.25) is 0 Å². The molecule has 0 aliphatic heterocycles. The lowest BCUT2D eigenvalue weighted by atomic mass is 10.0. The predicted molar refractivity (Wildman–Crippen MR) is 66.5 cm³/mol. The number of nitrogens with zero attached hydrogens (tertiary/aromatic N) is 2. The number of rotatable bonds is 1. The highest BCUT2D eigenvalue weighted by molar-refractivity contribution is 7.15. The highest BCUT2D eigenvalue weighted by Gasteiger charge is 2.10. The summed E-state index contributed by atoms with van der Waals surface area (Å²) in [7, 11) is 0. The molecular weight excluding hydrogens is 216 g/mol. The van der Waals surface area contributed by atoms with Crippen molar-refractivity contribution >= 4 is 11.3 Å². The lowest BCUT2D eigenvalue weighted by Gasteiger charge is -2.08. The average Bonchev–Trinajstić information content (AvgIpc) is 2.64. The summed E-state index contributed by atoms with van der Waals surface area (Å²) >= 11 is 1.45. The number of aryl methyl sites for hydroxylation is 3. The van der Waals surface area contributed by atoms with Crippen LogP contribution in [0.3, 0.4) is 0 Å². The van der Waals surface area contributed by atoms with E-state index < -0.39 is 0 Å². The molecule has 0 aliphatic rings. The van der Waals surface area contributed by atoms with E-state index >= 15 is 0 Å². The van der Waals surface area contributed by atoms with E-state index in [2.05, 4.69) is 44.0 Å². The first-order chi connectivity index (χ1) is 7.61. The quantitative estimate of drug-likeness (QED) is 0.747. The molecule has 2 rings (SSSR count). The molecule has 3 heteroatoms. The maximum atomic E-state index is 8.80. The summed E-state index contributed by atoms with van der Waals surface area (Å²) in [4.78, 5) is 4.97. The Kier molecular flexibility index (Phi) is 2.76. The van der Waals surface area contributed by atoms with E-state index in [0.29, 0.717) is 4.88 Å². The largest absolute Gasteiger partial charge is 0.243 e. The molecule has 0 saturated carbocycles. The molecule has 0 unspecified atom stereocenters. The van der Waals surface area contributed by atoms with Crippen molar-refractivity contribution in [2.24, 2.45) is 0 Å². The molecule has 0 amide bonds. The summed E-state index contributed by atoms with van der Waals surface area (Å²) < 4.78 is 0.